The van der Waals surface area contributed by atoms with Gasteiger partial charge in [0.25, 0.3) is 11.7 Å². The van der Waals surface area contributed by atoms with E-state index in [1.807, 2.05) is 6.92 Å². The number of carbonyl (C=O) groups is 2. The molecule has 0 aromatic heterocycles. The van der Waals surface area contributed by atoms with Crippen LogP contribution in [0, 0.1) is 12.7 Å². The third-order valence-corrected chi connectivity index (χ3v) is 5.14. The maximum absolute atomic E-state index is 13.5. The van der Waals surface area contributed by atoms with Gasteiger partial charge < -0.3 is 19.5 Å². The van der Waals surface area contributed by atoms with Gasteiger partial charge in [-0.15, -0.1) is 0 Å². The number of halogens is 1. The molecule has 1 aliphatic heterocycles. The second-order valence-corrected chi connectivity index (χ2v) is 7.07. The Morgan fingerprint density at radius 2 is 1.83 bits per heavy atom. The molecule has 7 heteroatoms. The summed E-state index contributed by atoms with van der Waals surface area (Å²) in [4.78, 5) is 27.0. The summed E-state index contributed by atoms with van der Waals surface area (Å²) < 4.78 is 23.8. The first kappa shape index (κ1) is 21.5. The maximum atomic E-state index is 13.5. The number of amides is 1. The van der Waals surface area contributed by atoms with Gasteiger partial charge in [0.05, 0.1) is 18.7 Å². The minimum atomic E-state index is -0.815. The van der Waals surface area contributed by atoms with E-state index in [2.05, 4.69) is 0 Å². The number of aliphatic hydroxyl groups excluding tert-OH is 1. The number of methoxy groups -OCH3 is 2. The molecule has 1 N–H and O–H groups in total. The summed E-state index contributed by atoms with van der Waals surface area (Å²) in [6, 6.07) is 9.75. The van der Waals surface area contributed by atoms with Crippen LogP contribution in [0.3, 0.4) is 0 Å². The highest BCUT2D eigenvalue weighted by atomic mass is 19.1. The third-order valence-electron chi connectivity index (χ3n) is 5.14. The molecule has 1 atom stereocenters. The van der Waals surface area contributed by atoms with Crippen molar-refractivity contribution >= 4 is 17.4 Å². The van der Waals surface area contributed by atoms with Crippen LogP contribution in [0.4, 0.5) is 4.39 Å². The van der Waals surface area contributed by atoms with Crippen LogP contribution in [0.5, 0.6) is 5.75 Å². The van der Waals surface area contributed by atoms with Gasteiger partial charge in [-0.05, 0) is 54.8 Å². The van der Waals surface area contributed by atoms with E-state index in [4.69, 9.17) is 9.47 Å². The molecule has 1 fully saturated rings. The summed E-state index contributed by atoms with van der Waals surface area (Å²) in [6.45, 7) is 2.49. The Balaban J connectivity index is 2.12. The van der Waals surface area contributed by atoms with E-state index in [0.717, 1.165) is 5.56 Å². The predicted molar refractivity (Wildman–Crippen MR) is 110 cm³/mol. The average molecular weight is 413 g/mol. The van der Waals surface area contributed by atoms with Gasteiger partial charge in [-0.1, -0.05) is 12.1 Å². The molecule has 1 amide bonds. The topological polar surface area (TPSA) is 76.1 Å². The molecule has 6 nitrogen and oxygen atoms in total. The molecule has 158 valence electrons. The van der Waals surface area contributed by atoms with Crippen molar-refractivity contribution in [3.8, 4) is 5.75 Å². The van der Waals surface area contributed by atoms with Crippen molar-refractivity contribution in [3.63, 3.8) is 0 Å². The zero-order chi connectivity index (χ0) is 21.8. The number of hydrogen-bond acceptors (Lipinski definition) is 5. The van der Waals surface area contributed by atoms with E-state index in [1.165, 1.54) is 29.2 Å². The van der Waals surface area contributed by atoms with Crippen LogP contribution in [-0.4, -0.2) is 49.1 Å². The Hall–Kier alpha value is -3.19. The summed E-state index contributed by atoms with van der Waals surface area (Å²) in [5.74, 6) is -1.54. The number of likely N-dealkylation sites (tertiary alicyclic amines) is 1. The number of nitrogens with zero attached hydrogens (tertiary/aromatic N) is 1. The number of benzene rings is 2. The second kappa shape index (κ2) is 9.09. The van der Waals surface area contributed by atoms with Gasteiger partial charge in [0, 0.05) is 25.8 Å². The molecule has 0 aliphatic carbocycles. The number of rotatable bonds is 7. The Bertz CT molecular complexity index is 984. The van der Waals surface area contributed by atoms with Gasteiger partial charge >= 0.3 is 0 Å². The van der Waals surface area contributed by atoms with Gasteiger partial charge in [0.1, 0.15) is 17.3 Å². The molecule has 0 unspecified atom stereocenters. The van der Waals surface area contributed by atoms with Crippen LogP contribution >= 0.6 is 0 Å². The lowest BCUT2D eigenvalue weighted by molar-refractivity contribution is -0.140. The van der Waals surface area contributed by atoms with Crippen LogP contribution in [0.15, 0.2) is 48.0 Å². The fourth-order valence-corrected chi connectivity index (χ4v) is 3.66. The second-order valence-electron chi connectivity index (χ2n) is 7.07. The molecular weight excluding hydrogens is 389 g/mol. The Kier molecular flexibility index (Phi) is 6.52. The molecule has 2 aromatic rings. The van der Waals surface area contributed by atoms with Crippen LogP contribution < -0.4 is 4.74 Å². The minimum Gasteiger partial charge on any atom is -0.507 e. The lowest BCUT2D eigenvalue weighted by atomic mass is 9.94. The van der Waals surface area contributed by atoms with Crippen LogP contribution in [0.2, 0.25) is 0 Å². The molecule has 1 aliphatic rings. The van der Waals surface area contributed by atoms with Crippen LogP contribution in [0.1, 0.15) is 29.2 Å². The fraction of sp³-hybridized carbons (Fsp3) is 0.304. The van der Waals surface area contributed by atoms with E-state index in [0.29, 0.717) is 29.9 Å². The zero-order valence-corrected chi connectivity index (χ0v) is 17.1. The van der Waals surface area contributed by atoms with Crippen molar-refractivity contribution in [1.82, 2.24) is 4.90 Å². The molecule has 1 heterocycles. The number of aliphatic hydroxyl groups is 1. The molecular formula is C23H24FNO5. The lowest BCUT2D eigenvalue weighted by Gasteiger charge is -2.25. The van der Waals surface area contributed by atoms with Crippen molar-refractivity contribution < 1.29 is 28.6 Å². The Morgan fingerprint density at radius 3 is 2.43 bits per heavy atom. The maximum Gasteiger partial charge on any atom is 0.295 e. The molecule has 3 rings (SSSR count). The first-order valence-electron chi connectivity index (χ1n) is 9.56. The average Bonchev–Trinajstić information content (AvgIpc) is 2.99. The van der Waals surface area contributed by atoms with Crippen molar-refractivity contribution in [2.75, 3.05) is 27.4 Å². The number of ether oxygens (including phenoxy) is 2. The summed E-state index contributed by atoms with van der Waals surface area (Å²) in [7, 11) is 3.10. The van der Waals surface area contributed by atoms with Gasteiger partial charge in [0.15, 0.2) is 0 Å². The number of hydrogen-bond donors (Lipinski definition) is 1. The smallest absolute Gasteiger partial charge is 0.295 e. The van der Waals surface area contributed by atoms with Crippen molar-refractivity contribution in [2.45, 2.75) is 19.4 Å². The quantitative estimate of drug-likeness (QED) is 0.325. The van der Waals surface area contributed by atoms with Gasteiger partial charge in [-0.3, -0.25) is 9.59 Å². The molecule has 2 aromatic carbocycles. The number of Topliss-reactive ketones (excluding diaryl/α,β-unsaturated/α-hetero) is 1. The SMILES string of the molecule is COCCCN1C(=O)C(=O)/C(=C(/O)c2ccc(OC)c(C)c2)[C@H]1c1ccc(F)cc1. The molecule has 30 heavy (non-hydrogen) atoms. The van der Waals surface area contributed by atoms with E-state index in [9.17, 15) is 19.1 Å². The highest BCUT2D eigenvalue weighted by Crippen LogP contribution is 2.39. The fourth-order valence-electron chi connectivity index (χ4n) is 3.66. The highest BCUT2D eigenvalue weighted by molar-refractivity contribution is 6.46. The summed E-state index contributed by atoms with van der Waals surface area (Å²) in [6.07, 6.45) is 0.517. The van der Waals surface area contributed by atoms with Gasteiger partial charge in [-0.2, -0.15) is 0 Å². The molecule has 0 bridgehead atoms. The number of aryl methyl sites for hydroxylation is 1. The van der Waals surface area contributed by atoms with Crippen molar-refractivity contribution in [2.24, 2.45) is 0 Å². The van der Waals surface area contributed by atoms with E-state index < -0.39 is 23.5 Å². The van der Waals surface area contributed by atoms with E-state index in [1.54, 1.807) is 32.4 Å². The van der Waals surface area contributed by atoms with E-state index in [-0.39, 0.29) is 17.9 Å². The van der Waals surface area contributed by atoms with E-state index >= 15 is 0 Å². The third kappa shape index (κ3) is 4.07. The van der Waals surface area contributed by atoms with Crippen LogP contribution in [0.25, 0.3) is 5.76 Å². The van der Waals surface area contributed by atoms with Crippen LogP contribution in [-0.2, 0) is 14.3 Å². The summed E-state index contributed by atoms with van der Waals surface area (Å²) in [5.41, 5.74) is 1.69. The number of carbonyl (C=O) groups excluding carboxylic acids is 2. The number of ketones is 1. The normalized spacial score (nSPS) is 18.1. The largest absolute Gasteiger partial charge is 0.507 e. The first-order chi connectivity index (χ1) is 14.4. The molecule has 1 saturated heterocycles. The minimum absolute atomic E-state index is 0.0198. The van der Waals surface area contributed by atoms with Gasteiger partial charge in [-0.25, -0.2) is 4.39 Å². The zero-order valence-electron chi connectivity index (χ0n) is 17.1. The molecule has 0 saturated carbocycles. The highest BCUT2D eigenvalue weighted by Gasteiger charge is 2.45. The monoisotopic (exact) mass is 413 g/mol. The van der Waals surface area contributed by atoms with Crippen molar-refractivity contribution in [3.05, 3.63) is 70.5 Å². The Labute approximate surface area is 174 Å². The first-order valence-corrected chi connectivity index (χ1v) is 9.56. The summed E-state index contributed by atoms with van der Waals surface area (Å²) >= 11 is 0. The standard InChI is InChI=1S/C23H24FNO5/c1-14-13-16(7-10-18(14)30-3)21(26)19-20(15-5-8-17(24)9-6-15)25(11-4-12-29-2)23(28)22(19)27/h5-10,13,20,26H,4,11-12H2,1-3H3/b21-19+/t20-/m1/s1. The predicted octanol–water partition coefficient (Wildman–Crippen LogP) is 3.60. The lowest BCUT2D eigenvalue weighted by Crippen LogP contribution is -2.31. The van der Waals surface area contributed by atoms with Crippen molar-refractivity contribution in [1.29, 1.82) is 0 Å². The summed E-state index contributed by atoms with van der Waals surface area (Å²) in [5, 5.41) is 11.0. The van der Waals surface area contributed by atoms with Gasteiger partial charge in [0.2, 0.25) is 0 Å². The molecule has 0 spiro atoms. The molecule has 0 radical (unpaired) electrons. The Morgan fingerprint density at radius 1 is 1.13 bits per heavy atom.